The van der Waals surface area contributed by atoms with Gasteiger partial charge in [-0.1, -0.05) is 45.0 Å². The zero-order valence-corrected chi connectivity index (χ0v) is 11.2. The highest BCUT2D eigenvalue weighted by Gasteiger charge is 2.21. The highest BCUT2D eigenvalue weighted by molar-refractivity contribution is 5.96. The minimum absolute atomic E-state index is 0.0716. The van der Waals surface area contributed by atoms with Gasteiger partial charge in [0.15, 0.2) is 12.1 Å². The molecular weight excluding hydrogens is 228 g/mol. The van der Waals surface area contributed by atoms with E-state index in [1.807, 2.05) is 24.3 Å². The molecule has 1 heterocycles. The second kappa shape index (κ2) is 5.21. The van der Waals surface area contributed by atoms with Crippen molar-refractivity contribution in [1.29, 1.82) is 0 Å². The molecule has 0 amide bonds. The van der Waals surface area contributed by atoms with Gasteiger partial charge < -0.3 is 9.47 Å². The van der Waals surface area contributed by atoms with E-state index in [2.05, 4.69) is 20.8 Å². The molecule has 3 heteroatoms. The Bertz CT molecular complexity index is 408. The van der Waals surface area contributed by atoms with E-state index < -0.39 is 0 Å². The van der Waals surface area contributed by atoms with Crippen LogP contribution in [0, 0.1) is 0 Å². The number of rotatable bonds is 3. The van der Waals surface area contributed by atoms with E-state index in [4.69, 9.17) is 9.47 Å². The first-order chi connectivity index (χ1) is 8.47. The Labute approximate surface area is 108 Å². The van der Waals surface area contributed by atoms with Gasteiger partial charge in [0.1, 0.15) is 0 Å². The molecule has 0 bridgehead atoms. The maximum Gasteiger partial charge on any atom is 0.167 e. The summed E-state index contributed by atoms with van der Waals surface area (Å²) in [6.45, 7) is 7.64. The predicted molar refractivity (Wildman–Crippen MR) is 69.8 cm³/mol. The van der Waals surface area contributed by atoms with Crippen molar-refractivity contribution in [2.75, 3.05) is 13.2 Å². The molecule has 1 saturated heterocycles. The molecule has 3 nitrogen and oxygen atoms in total. The number of benzene rings is 1. The third kappa shape index (κ3) is 3.18. The average molecular weight is 248 g/mol. The number of ether oxygens (including phenoxy) is 2. The number of carbonyl (C=O) groups is 1. The van der Waals surface area contributed by atoms with Crippen LogP contribution in [0.25, 0.3) is 0 Å². The van der Waals surface area contributed by atoms with E-state index in [-0.39, 0.29) is 17.5 Å². The molecule has 2 rings (SSSR count). The standard InChI is InChI=1S/C15H20O3/c1-15(2,3)12-6-4-11(5-7-12)13(16)10-14-17-8-9-18-14/h4-7,14H,8-10H2,1-3H3. The first-order valence-corrected chi connectivity index (χ1v) is 6.34. The monoisotopic (exact) mass is 248 g/mol. The fourth-order valence-electron chi connectivity index (χ4n) is 1.95. The molecule has 18 heavy (non-hydrogen) atoms. The molecule has 1 aliphatic rings. The van der Waals surface area contributed by atoms with Crippen molar-refractivity contribution in [3.05, 3.63) is 35.4 Å². The molecular formula is C15H20O3. The van der Waals surface area contributed by atoms with Crippen molar-refractivity contribution in [1.82, 2.24) is 0 Å². The van der Waals surface area contributed by atoms with Gasteiger partial charge in [0.05, 0.1) is 19.6 Å². The molecule has 0 unspecified atom stereocenters. The van der Waals surface area contributed by atoms with Crippen molar-refractivity contribution in [3.8, 4) is 0 Å². The van der Waals surface area contributed by atoms with Crippen LogP contribution in [0.3, 0.4) is 0 Å². The number of hydrogen-bond acceptors (Lipinski definition) is 3. The zero-order chi connectivity index (χ0) is 13.2. The second-order valence-electron chi connectivity index (χ2n) is 5.63. The van der Waals surface area contributed by atoms with Gasteiger partial charge in [-0.15, -0.1) is 0 Å². The van der Waals surface area contributed by atoms with E-state index >= 15 is 0 Å². The van der Waals surface area contributed by atoms with E-state index in [0.717, 1.165) is 5.56 Å². The second-order valence-corrected chi connectivity index (χ2v) is 5.63. The summed E-state index contributed by atoms with van der Waals surface area (Å²) in [7, 11) is 0. The molecule has 1 aromatic carbocycles. The first-order valence-electron chi connectivity index (χ1n) is 6.34. The molecule has 0 radical (unpaired) electrons. The van der Waals surface area contributed by atoms with Crippen molar-refractivity contribution in [2.24, 2.45) is 0 Å². The van der Waals surface area contributed by atoms with E-state index in [0.29, 0.717) is 19.6 Å². The van der Waals surface area contributed by atoms with Gasteiger partial charge in [0, 0.05) is 5.56 Å². The molecule has 0 atom stereocenters. The average Bonchev–Trinajstić information content (AvgIpc) is 2.81. The van der Waals surface area contributed by atoms with Gasteiger partial charge in [-0.05, 0) is 11.0 Å². The third-order valence-corrected chi connectivity index (χ3v) is 3.12. The maximum atomic E-state index is 12.0. The minimum Gasteiger partial charge on any atom is -0.350 e. The Morgan fingerprint density at radius 1 is 1.17 bits per heavy atom. The normalized spacial score (nSPS) is 17.1. The fourth-order valence-corrected chi connectivity index (χ4v) is 1.95. The molecule has 0 aliphatic carbocycles. The Morgan fingerprint density at radius 3 is 2.22 bits per heavy atom. The van der Waals surface area contributed by atoms with Crippen LogP contribution in [0.1, 0.15) is 43.1 Å². The lowest BCUT2D eigenvalue weighted by atomic mass is 9.86. The van der Waals surface area contributed by atoms with Crippen LogP contribution >= 0.6 is 0 Å². The van der Waals surface area contributed by atoms with Crippen molar-refractivity contribution >= 4 is 5.78 Å². The number of Topliss-reactive ketones (excluding diaryl/α,β-unsaturated/α-hetero) is 1. The Balaban J connectivity index is 2.02. The fraction of sp³-hybridized carbons (Fsp3) is 0.533. The van der Waals surface area contributed by atoms with Crippen LogP contribution in [-0.4, -0.2) is 25.3 Å². The van der Waals surface area contributed by atoms with E-state index in [9.17, 15) is 4.79 Å². The van der Waals surface area contributed by atoms with Crippen LogP contribution in [0.2, 0.25) is 0 Å². The van der Waals surface area contributed by atoms with Crippen molar-refractivity contribution in [2.45, 2.75) is 38.9 Å². The maximum absolute atomic E-state index is 12.0. The van der Waals surface area contributed by atoms with Crippen LogP contribution in [0.5, 0.6) is 0 Å². The minimum atomic E-state index is -0.361. The van der Waals surface area contributed by atoms with Gasteiger partial charge >= 0.3 is 0 Å². The summed E-state index contributed by atoms with van der Waals surface area (Å²) in [6.07, 6.45) is -0.0608. The summed E-state index contributed by atoms with van der Waals surface area (Å²) < 4.78 is 10.6. The Hall–Kier alpha value is -1.19. The summed E-state index contributed by atoms with van der Waals surface area (Å²) in [6, 6.07) is 7.81. The summed E-state index contributed by atoms with van der Waals surface area (Å²) in [5.41, 5.74) is 2.06. The van der Waals surface area contributed by atoms with Crippen molar-refractivity contribution < 1.29 is 14.3 Å². The highest BCUT2D eigenvalue weighted by Crippen LogP contribution is 2.23. The van der Waals surface area contributed by atoms with Gasteiger partial charge in [0.2, 0.25) is 0 Å². The summed E-state index contributed by atoms with van der Waals surface area (Å²) in [5, 5.41) is 0. The zero-order valence-electron chi connectivity index (χ0n) is 11.2. The molecule has 1 fully saturated rings. The summed E-state index contributed by atoms with van der Waals surface area (Å²) in [4.78, 5) is 12.0. The lowest BCUT2D eigenvalue weighted by Gasteiger charge is -2.19. The summed E-state index contributed by atoms with van der Waals surface area (Å²) in [5.74, 6) is 0.0716. The molecule has 1 aliphatic heterocycles. The lowest BCUT2D eigenvalue weighted by Crippen LogP contribution is -2.15. The largest absolute Gasteiger partial charge is 0.350 e. The van der Waals surface area contributed by atoms with Gasteiger partial charge in [-0.3, -0.25) is 4.79 Å². The molecule has 98 valence electrons. The molecule has 0 aromatic heterocycles. The third-order valence-electron chi connectivity index (χ3n) is 3.12. The first kappa shape index (κ1) is 13.2. The van der Waals surface area contributed by atoms with Gasteiger partial charge in [0.25, 0.3) is 0 Å². The molecule has 0 spiro atoms. The lowest BCUT2D eigenvalue weighted by molar-refractivity contribution is -0.0407. The SMILES string of the molecule is CC(C)(C)c1ccc(C(=O)CC2OCCO2)cc1. The van der Waals surface area contributed by atoms with Gasteiger partial charge in [-0.25, -0.2) is 0 Å². The van der Waals surface area contributed by atoms with Crippen LogP contribution in [0.4, 0.5) is 0 Å². The smallest absolute Gasteiger partial charge is 0.167 e. The molecule has 1 aromatic rings. The topological polar surface area (TPSA) is 35.5 Å². The quantitative estimate of drug-likeness (QED) is 0.771. The van der Waals surface area contributed by atoms with Crippen LogP contribution in [0.15, 0.2) is 24.3 Å². The molecule has 0 N–H and O–H groups in total. The van der Waals surface area contributed by atoms with Gasteiger partial charge in [-0.2, -0.15) is 0 Å². The summed E-state index contributed by atoms with van der Waals surface area (Å²) >= 11 is 0. The number of carbonyl (C=O) groups excluding carboxylic acids is 1. The highest BCUT2D eigenvalue weighted by atomic mass is 16.7. The van der Waals surface area contributed by atoms with Crippen LogP contribution < -0.4 is 0 Å². The van der Waals surface area contributed by atoms with E-state index in [1.54, 1.807) is 0 Å². The number of ketones is 1. The Kier molecular flexibility index (Phi) is 3.83. The van der Waals surface area contributed by atoms with Crippen molar-refractivity contribution in [3.63, 3.8) is 0 Å². The van der Waals surface area contributed by atoms with Crippen LogP contribution in [-0.2, 0) is 14.9 Å². The number of hydrogen-bond donors (Lipinski definition) is 0. The predicted octanol–water partition coefficient (Wildman–Crippen LogP) is 2.93. The Morgan fingerprint density at radius 2 is 1.72 bits per heavy atom. The van der Waals surface area contributed by atoms with E-state index in [1.165, 1.54) is 5.56 Å². The molecule has 0 saturated carbocycles.